The summed E-state index contributed by atoms with van der Waals surface area (Å²) in [5, 5.41) is 3.41. The third-order valence-electron chi connectivity index (χ3n) is 3.88. The molecule has 1 aromatic heterocycles. The molecule has 1 N–H and O–H groups in total. The molecule has 0 aliphatic carbocycles. The molecule has 1 aliphatic rings. The Kier molecular flexibility index (Phi) is 5.01. The van der Waals surface area contributed by atoms with E-state index in [2.05, 4.69) is 5.32 Å². The van der Waals surface area contributed by atoms with E-state index in [1.54, 1.807) is 19.9 Å². The minimum Gasteiger partial charge on any atom is -0.465 e. The molecule has 6 nitrogen and oxygen atoms in total. The molecule has 1 fully saturated rings. The molecule has 0 unspecified atom stereocenters. The summed E-state index contributed by atoms with van der Waals surface area (Å²) < 4.78 is 10.3. The Labute approximate surface area is 124 Å². The van der Waals surface area contributed by atoms with Crippen LogP contribution in [0.15, 0.2) is 10.5 Å². The van der Waals surface area contributed by atoms with Gasteiger partial charge < -0.3 is 19.4 Å². The number of hydrogen-bond acceptors (Lipinski definition) is 5. The lowest BCUT2D eigenvalue weighted by Crippen LogP contribution is -2.43. The highest BCUT2D eigenvalue weighted by Gasteiger charge is 2.21. The number of carbonyl (C=O) groups excluding carboxylic acids is 2. The highest BCUT2D eigenvalue weighted by atomic mass is 16.5. The van der Waals surface area contributed by atoms with Crippen LogP contribution in [0.5, 0.6) is 0 Å². The molecule has 2 heterocycles. The molecule has 1 amide bonds. The van der Waals surface area contributed by atoms with Gasteiger partial charge in [-0.1, -0.05) is 0 Å². The van der Waals surface area contributed by atoms with E-state index in [0.717, 1.165) is 31.7 Å². The Morgan fingerprint density at radius 2 is 2.10 bits per heavy atom. The summed E-state index contributed by atoms with van der Waals surface area (Å²) in [6.45, 7) is 5.51. The van der Waals surface area contributed by atoms with Gasteiger partial charge in [0, 0.05) is 26.1 Å². The monoisotopic (exact) mass is 294 g/mol. The quantitative estimate of drug-likeness (QED) is 0.852. The van der Waals surface area contributed by atoms with Crippen molar-refractivity contribution in [2.24, 2.45) is 0 Å². The molecule has 1 saturated heterocycles. The topological polar surface area (TPSA) is 71.8 Å². The van der Waals surface area contributed by atoms with Crippen molar-refractivity contribution >= 4 is 11.9 Å². The fourth-order valence-corrected chi connectivity index (χ4v) is 2.59. The van der Waals surface area contributed by atoms with Gasteiger partial charge in [0.05, 0.1) is 13.7 Å². The number of methoxy groups -OCH3 is 1. The maximum Gasteiger partial charge on any atom is 0.341 e. The number of hydrogen-bond donors (Lipinski definition) is 1. The second kappa shape index (κ2) is 6.76. The van der Waals surface area contributed by atoms with E-state index in [9.17, 15) is 9.59 Å². The molecule has 1 aliphatic heterocycles. The van der Waals surface area contributed by atoms with Gasteiger partial charge >= 0.3 is 5.97 Å². The summed E-state index contributed by atoms with van der Waals surface area (Å²) in [6, 6.07) is 2.09. The zero-order valence-electron chi connectivity index (χ0n) is 12.8. The number of esters is 1. The summed E-state index contributed by atoms with van der Waals surface area (Å²) in [4.78, 5) is 24.6. The Morgan fingerprint density at radius 1 is 1.43 bits per heavy atom. The van der Waals surface area contributed by atoms with Gasteiger partial charge in [-0.05, 0) is 25.8 Å². The van der Waals surface area contributed by atoms with Crippen LogP contribution in [0, 0.1) is 6.92 Å². The zero-order valence-corrected chi connectivity index (χ0v) is 12.8. The van der Waals surface area contributed by atoms with Crippen molar-refractivity contribution in [1.82, 2.24) is 10.2 Å². The lowest BCUT2D eigenvalue weighted by atomic mass is 10.1. The average Bonchev–Trinajstić information content (AvgIpc) is 2.86. The third-order valence-corrected chi connectivity index (χ3v) is 3.88. The summed E-state index contributed by atoms with van der Waals surface area (Å²) in [6.07, 6.45) is 1.87. The van der Waals surface area contributed by atoms with E-state index >= 15 is 0 Å². The van der Waals surface area contributed by atoms with Gasteiger partial charge in [-0.15, -0.1) is 0 Å². The fourth-order valence-electron chi connectivity index (χ4n) is 2.59. The lowest BCUT2D eigenvalue weighted by molar-refractivity contribution is -0.129. The molecule has 21 heavy (non-hydrogen) atoms. The predicted molar refractivity (Wildman–Crippen MR) is 76.9 cm³/mol. The number of carbonyl (C=O) groups is 2. The number of ether oxygens (including phenoxy) is 1. The molecule has 116 valence electrons. The molecular formula is C15H22N2O4. The molecule has 0 radical (unpaired) electrons. The normalized spacial score (nSPS) is 16.0. The van der Waals surface area contributed by atoms with Crippen LogP contribution in [0.1, 0.15) is 41.6 Å². The molecule has 1 aromatic rings. The molecule has 0 atom stereocenters. The largest absolute Gasteiger partial charge is 0.465 e. The number of aryl methyl sites for hydroxylation is 1. The number of furan rings is 1. The number of piperidine rings is 1. The first kappa shape index (κ1) is 15.6. The molecule has 0 bridgehead atoms. The van der Waals surface area contributed by atoms with Crippen LogP contribution in [0.25, 0.3) is 0 Å². The number of rotatable bonds is 4. The Hall–Kier alpha value is -1.82. The minimum atomic E-state index is -0.378. The van der Waals surface area contributed by atoms with Gasteiger partial charge in [-0.2, -0.15) is 0 Å². The highest BCUT2D eigenvalue weighted by Crippen LogP contribution is 2.17. The lowest BCUT2D eigenvalue weighted by Gasteiger charge is -2.31. The van der Waals surface area contributed by atoms with Crippen molar-refractivity contribution in [3.63, 3.8) is 0 Å². The SMILES string of the molecule is COC(=O)c1cc(CNC2CCN(C(C)=O)CC2)oc1C. The van der Waals surface area contributed by atoms with Crippen LogP contribution >= 0.6 is 0 Å². The second-order valence-electron chi connectivity index (χ2n) is 5.34. The van der Waals surface area contributed by atoms with Crippen LogP contribution in [0.3, 0.4) is 0 Å². The van der Waals surface area contributed by atoms with E-state index in [1.807, 2.05) is 4.90 Å². The van der Waals surface area contributed by atoms with Crippen LogP contribution in [0.4, 0.5) is 0 Å². The maximum atomic E-state index is 11.5. The van der Waals surface area contributed by atoms with Crippen molar-refractivity contribution in [3.8, 4) is 0 Å². The summed E-state index contributed by atoms with van der Waals surface area (Å²) in [5.74, 6) is 1.06. The Balaban J connectivity index is 1.84. The number of likely N-dealkylation sites (tertiary alicyclic amines) is 1. The first-order valence-electron chi connectivity index (χ1n) is 7.17. The smallest absolute Gasteiger partial charge is 0.341 e. The van der Waals surface area contributed by atoms with E-state index < -0.39 is 0 Å². The average molecular weight is 294 g/mol. The van der Waals surface area contributed by atoms with Gasteiger partial charge in [0.15, 0.2) is 0 Å². The van der Waals surface area contributed by atoms with Gasteiger partial charge in [-0.25, -0.2) is 4.79 Å². The van der Waals surface area contributed by atoms with Gasteiger partial charge in [-0.3, -0.25) is 4.79 Å². The maximum absolute atomic E-state index is 11.5. The van der Waals surface area contributed by atoms with Crippen LogP contribution < -0.4 is 5.32 Å². The van der Waals surface area contributed by atoms with Crippen molar-refractivity contribution in [1.29, 1.82) is 0 Å². The highest BCUT2D eigenvalue weighted by molar-refractivity contribution is 5.90. The molecular weight excluding hydrogens is 272 g/mol. The third kappa shape index (κ3) is 3.85. The fraction of sp³-hybridized carbons (Fsp3) is 0.600. The van der Waals surface area contributed by atoms with E-state index in [1.165, 1.54) is 7.11 Å². The summed E-state index contributed by atoms with van der Waals surface area (Å²) in [7, 11) is 1.36. The summed E-state index contributed by atoms with van der Waals surface area (Å²) >= 11 is 0. The van der Waals surface area contributed by atoms with E-state index in [0.29, 0.717) is 23.9 Å². The molecule has 0 aromatic carbocycles. The Bertz CT molecular complexity index is 516. The number of amides is 1. The molecule has 2 rings (SSSR count). The number of nitrogens with zero attached hydrogens (tertiary/aromatic N) is 1. The van der Waals surface area contributed by atoms with Crippen molar-refractivity contribution < 1.29 is 18.7 Å². The molecule has 6 heteroatoms. The molecule has 0 saturated carbocycles. The standard InChI is InChI=1S/C15H22N2O4/c1-10-14(15(19)20-3)8-13(21-10)9-16-12-4-6-17(7-5-12)11(2)18/h8,12,16H,4-7,9H2,1-3H3. The minimum absolute atomic E-state index is 0.137. The van der Waals surface area contributed by atoms with Crippen LogP contribution in [0.2, 0.25) is 0 Å². The zero-order chi connectivity index (χ0) is 15.4. The van der Waals surface area contributed by atoms with Gasteiger partial charge in [0.2, 0.25) is 5.91 Å². The van der Waals surface area contributed by atoms with Crippen LogP contribution in [-0.4, -0.2) is 43.0 Å². The molecule has 0 spiro atoms. The van der Waals surface area contributed by atoms with Crippen molar-refractivity contribution in [2.75, 3.05) is 20.2 Å². The Morgan fingerprint density at radius 3 is 2.67 bits per heavy atom. The van der Waals surface area contributed by atoms with Crippen molar-refractivity contribution in [2.45, 2.75) is 39.3 Å². The first-order chi connectivity index (χ1) is 10.0. The number of nitrogens with one attached hydrogen (secondary N) is 1. The van der Waals surface area contributed by atoms with E-state index in [4.69, 9.17) is 9.15 Å². The first-order valence-corrected chi connectivity index (χ1v) is 7.17. The van der Waals surface area contributed by atoms with Crippen LogP contribution in [-0.2, 0) is 16.1 Å². The van der Waals surface area contributed by atoms with E-state index in [-0.39, 0.29) is 11.9 Å². The van der Waals surface area contributed by atoms with Gasteiger partial charge in [0.25, 0.3) is 0 Å². The van der Waals surface area contributed by atoms with Gasteiger partial charge in [0.1, 0.15) is 17.1 Å². The van der Waals surface area contributed by atoms with Crippen molar-refractivity contribution in [3.05, 3.63) is 23.2 Å². The second-order valence-corrected chi connectivity index (χ2v) is 5.34. The predicted octanol–water partition coefficient (Wildman–Crippen LogP) is 1.48. The summed E-state index contributed by atoms with van der Waals surface area (Å²) in [5.41, 5.74) is 0.473.